The molecule has 0 spiro atoms. The highest BCUT2D eigenvalue weighted by molar-refractivity contribution is 5.60. The van der Waals surface area contributed by atoms with Crippen LogP contribution in [0, 0.1) is 0 Å². The summed E-state index contributed by atoms with van der Waals surface area (Å²) in [5.74, 6) is 2.72. The number of rotatable bonds is 9. The standard InChI is InChI=1S/C19H27N5O2/c1-14(24-10-4-11-24)8-12-26-17-13-15(5-6-16(17)25-3)22-19-21-9-7-18(20-2)23-19/h5-7,9,13-14H,4,8,10-12H2,1-3H3,(H2,20,21,22,23)/t14-/m1/s1. The van der Waals surface area contributed by atoms with E-state index in [9.17, 15) is 0 Å². The van der Waals surface area contributed by atoms with E-state index in [-0.39, 0.29) is 0 Å². The van der Waals surface area contributed by atoms with Crippen molar-refractivity contribution in [2.45, 2.75) is 25.8 Å². The predicted octanol–water partition coefficient (Wildman–Crippen LogP) is 3.13. The summed E-state index contributed by atoms with van der Waals surface area (Å²) in [4.78, 5) is 11.1. The third-order valence-corrected chi connectivity index (χ3v) is 4.64. The lowest BCUT2D eigenvalue weighted by Gasteiger charge is -2.36. The molecule has 2 heterocycles. The molecular weight excluding hydrogens is 330 g/mol. The quantitative estimate of drug-likeness (QED) is 0.714. The van der Waals surface area contributed by atoms with E-state index in [1.165, 1.54) is 19.5 Å². The van der Waals surface area contributed by atoms with Gasteiger partial charge in [0.15, 0.2) is 11.5 Å². The molecule has 140 valence electrons. The van der Waals surface area contributed by atoms with Gasteiger partial charge in [-0.25, -0.2) is 4.98 Å². The Bertz CT molecular complexity index is 721. The summed E-state index contributed by atoms with van der Waals surface area (Å²) in [6, 6.07) is 8.09. The Balaban J connectivity index is 1.63. The van der Waals surface area contributed by atoms with Gasteiger partial charge in [0.2, 0.25) is 5.95 Å². The summed E-state index contributed by atoms with van der Waals surface area (Å²) < 4.78 is 11.4. The maximum atomic E-state index is 6.00. The molecule has 0 saturated carbocycles. The topological polar surface area (TPSA) is 71.5 Å². The molecule has 1 aliphatic rings. The summed E-state index contributed by atoms with van der Waals surface area (Å²) in [6.07, 6.45) is 4.01. The second kappa shape index (κ2) is 8.71. The molecule has 0 amide bonds. The van der Waals surface area contributed by atoms with E-state index < -0.39 is 0 Å². The van der Waals surface area contributed by atoms with Crippen molar-refractivity contribution < 1.29 is 9.47 Å². The molecule has 2 N–H and O–H groups in total. The number of benzene rings is 1. The second-order valence-corrected chi connectivity index (χ2v) is 6.38. The Labute approximate surface area is 154 Å². The zero-order valence-electron chi connectivity index (χ0n) is 15.7. The maximum absolute atomic E-state index is 6.00. The second-order valence-electron chi connectivity index (χ2n) is 6.38. The highest BCUT2D eigenvalue weighted by Crippen LogP contribution is 2.31. The fourth-order valence-corrected chi connectivity index (χ4v) is 2.86. The Morgan fingerprint density at radius 1 is 1.23 bits per heavy atom. The van der Waals surface area contributed by atoms with Crippen molar-refractivity contribution >= 4 is 17.5 Å². The third kappa shape index (κ3) is 4.54. The van der Waals surface area contributed by atoms with Crippen molar-refractivity contribution in [3.05, 3.63) is 30.5 Å². The number of aromatic nitrogens is 2. The van der Waals surface area contributed by atoms with Gasteiger partial charge in [0.1, 0.15) is 5.82 Å². The zero-order chi connectivity index (χ0) is 18.4. The maximum Gasteiger partial charge on any atom is 0.229 e. The number of hydrogen-bond donors (Lipinski definition) is 2. The largest absolute Gasteiger partial charge is 0.493 e. The zero-order valence-corrected chi connectivity index (χ0v) is 15.7. The van der Waals surface area contributed by atoms with Crippen LogP contribution in [0.5, 0.6) is 11.5 Å². The van der Waals surface area contributed by atoms with Gasteiger partial charge in [0, 0.05) is 31.0 Å². The van der Waals surface area contributed by atoms with Crippen molar-refractivity contribution in [1.82, 2.24) is 14.9 Å². The summed E-state index contributed by atoms with van der Waals surface area (Å²) in [7, 11) is 3.48. The molecular formula is C19H27N5O2. The number of nitrogens with zero attached hydrogens (tertiary/aromatic N) is 3. The lowest BCUT2D eigenvalue weighted by Crippen LogP contribution is -2.44. The van der Waals surface area contributed by atoms with Crippen molar-refractivity contribution in [2.24, 2.45) is 0 Å². The number of ether oxygens (including phenoxy) is 2. The van der Waals surface area contributed by atoms with Gasteiger partial charge < -0.3 is 25.0 Å². The number of hydrogen-bond acceptors (Lipinski definition) is 7. The first-order chi connectivity index (χ1) is 12.7. The minimum absolute atomic E-state index is 0.527. The van der Waals surface area contributed by atoms with Gasteiger partial charge in [-0.2, -0.15) is 4.98 Å². The van der Waals surface area contributed by atoms with Gasteiger partial charge in [-0.3, -0.25) is 0 Å². The minimum Gasteiger partial charge on any atom is -0.493 e. The molecule has 0 radical (unpaired) electrons. The van der Waals surface area contributed by atoms with Crippen molar-refractivity contribution in [3.63, 3.8) is 0 Å². The molecule has 0 unspecified atom stereocenters. The monoisotopic (exact) mass is 357 g/mol. The molecule has 1 saturated heterocycles. The molecule has 0 aliphatic carbocycles. The normalized spacial score (nSPS) is 15.0. The number of anilines is 3. The fourth-order valence-electron chi connectivity index (χ4n) is 2.86. The first kappa shape index (κ1) is 18.3. The lowest BCUT2D eigenvalue weighted by atomic mass is 10.1. The van der Waals surface area contributed by atoms with Crippen LogP contribution in [-0.2, 0) is 0 Å². The van der Waals surface area contributed by atoms with Crippen LogP contribution in [-0.4, -0.2) is 54.8 Å². The first-order valence-electron chi connectivity index (χ1n) is 9.02. The van der Waals surface area contributed by atoms with Crippen LogP contribution in [0.3, 0.4) is 0 Å². The van der Waals surface area contributed by atoms with Crippen LogP contribution in [0.4, 0.5) is 17.5 Å². The molecule has 1 aliphatic heterocycles. The van der Waals surface area contributed by atoms with Gasteiger partial charge in [-0.1, -0.05) is 0 Å². The number of nitrogens with one attached hydrogen (secondary N) is 2. The third-order valence-electron chi connectivity index (χ3n) is 4.64. The van der Waals surface area contributed by atoms with Crippen LogP contribution in [0.2, 0.25) is 0 Å². The van der Waals surface area contributed by atoms with Gasteiger partial charge in [-0.05, 0) is 51.1 Å². The Hall–Kier alpha value is -2.54. The summed E-state index contributed by atoms with van der Waals surface area (Å²) in [6.45, 7) is 5.32. The molecule has 1 fully saturated rings. The van der Waals surface area contributed by atoms with E-state index in [2.05, 4.69) is 32.4 Å². The van der Waals surface area contributed by atoms with E-state index in [1.54, 1.807) is 13.3 Å². The molecule has 7 heteroatoms. The van der Waals surface area contributed by atoms with Crippen molar-refractivity contribution in [2.75, 3.05) is 44.5 Å². The number of methoxy groups -OCH3 is 1. The number of likely N-dealkylation sites (tertiary alicyclic amines) is 1. The summed E-state index contributed by atoms with van der Waals surface area (Å²) in [5, 5.41) is 6.20. The predicted molar refractivity (Wildman–Crippen MR) is 104 cm³/mol. The molecule has 0 bridgehead atoms. The SMILES string of the molecule is CNc1ccnc(Nc2ccc(OC)c(OCC[C@@H](C)N3CCC3)c2)n1. The Kier molecular flexibility index (Phi) is 6.12. The average molecular weight is 357 g/mol. The van der Waals surface area contributed by atoms with E-state index in [1.807, 2.05) is 31.3 Å². The molecule has 7 nitrogen and oxygen atoms in total. The van der Waals surface area contributed by atoms with Crippen LogP contribution < -0.4 is 20.1 Å². The van der Waals surface area contributed by atoms with E-state index in [4.69, 9.17) is 9.47 Å². The van der Waals surface area contributed by atoms with Crippen LogP contribution in [0.15, 0.2) is 30.5 Å². The Morgan fingerprint density at radius 2 is 2.08 bits per heavy atom. The van der Waals surface area contributed by atoms with Crippen LogP contribution in [0.1, 0.15) is 19.8 Å². The molecule has 1 aromatic heterocycles. The van der Waals surface area contributed by atoms with E-state index in [0.717, 1.165) is 29.4 Å². The lowest BCUT2D eigenvalue weighted by molar-refractivity contribution is 0.109. The van der Waals surface area contributed by atoms with Crippen molar-refractivity contribution in [3.8, 4) is 11.5 Å². The summed E-state index contributed by atoms with van der Waals surface area (Å²) in [5.41, 5.74) is 0.852. The highest BCUT2D eigenvalue weighted by Gasteiger charge is 2.20. The van der Waals surface area contributed by atoms with Gasteiger partial charge in [0.05, 0.1) is 13.7 Å². The molecule has 1 atom stereocenters. The van der Waals surface area contributed by atoms with Crippen LogP contribution >= 0.6 is 0 Å². The van der Waals surface area contributed by atoms with Crippen molar-refractivity contribution in [1.29, 1.82) is 0 Å². The Morgan fingerprint density at radius 3 is 2.77 bits per heavy atom. The smallest absolute Gasteiger partial charge is 0.229 e. The molecule has 26 heavy (non-hydrogen) atoms. The molecule has 2 aromatic rings. The highest BCUT2D eigenvalue weighted by atomic mass is 16.5. The fraction of sp³-hybridized carbons (Fsp3) is 0.474. The summed E-state index contributed by atoms with van der Waals surface area (Å²) >= 11 is 0. The average Bonchev–Trinajstić information content (AvgIpc) is 2.60. The molecule has 1 aromatic carbocycles. The minimum atomic E-state index is 0.527. The van der Waals surface area contributed by atoms with Gasteiger partial charge >= 0.3 is 0 Å². The van der Waals surface area contributed by atoms with Gasteiger partial charge in [0.25, 0.3) is 0 Å². The van der Waals surface area contributed by atoms with E-state index in [0.29, 0.717) is 18.6 Å². The molecule has 3 rings (SSSR count). The van der Waals surface area contributed by atoms with Gasteiger partial charge in [-0.15, -0.1) is 0 Å². The first-order valence-corrected chi connectivity index (χ1v) is 9.02. The van der Waals surface area contributed by atoms with E-state index >= 15 is 0 Å². The van der Waals surface area contributed by atoms with Crippen LogP contribution in [0.25, 0.3) is 0 Å².